The molecule has 1 fully saturated rings. The molecule has 2 amide bonds. The summed E-state index contributed by atoms with van der Waals surface area (Å²) < 4.78 is 28.8. The molecule has 2 aromatic carbocycles. The molecule has 1 N–H and O–H groups in total. The lowest BCUT2D eigenvalue weighted by Crippen LogP contribution is -2.49. The third-order valence-corrected chi connectivity index (χ3v) is 5.67. The molecule has 1 aliphatic heterocycles. The maximum Gasteiger partial charge on any atom is 0.321 e. The molecule has 0 bridgehead atoms. The lowest BCUT2D eigenvalue weighted by molar-refractivity contribution is 0.140. The van der Waals surface area contributed by atoms with Crippen LogP contribution in [0.4, 0.5) is 19.3 Å². The van der Waals surface area contributed by atoms with Crippen molar-refractivity contribution in [2.24, 2.45) is 0 Å². The number of hydrogen-bond acceptors (Lipinski definition) is 4. The summed E-state index contributed by atoms with van der Waals surface area (Å²) in [6.07, 6.45) is 1.71. The van der Waals surface area contributed by atoms with Gasteiger partial charge in [-0.25, -0.2) is 23.5 Å². The maximum absolute atomic E-state index is 13.5. The molecule has 33 heavy (non-hydrogen) atoms. The number of carbonyl (C=O) groups is 1. The summed E-state index contributed by atoms with van der Waals surface area (Å²) in [5, 5.41) is 2.74. The van der Waals surface area contributed by atoms with Crippen molar-refractivity contribution in [1.82, 2.24) is 24.3 Å². The summed E-state index contributed by atoms with van der Waals surface area (Å²) in [4.78, 5) is 25.7. The third-order valence-electron chi connectivity index (χ3n) is 5.67. The van der Waals surface area contributed by atoms with Crippen molar-refractivity contribution in [3.8, 4) is 5.69 Å². The summed E-state index contributed by atoms with van der Waals surface area (Å²) in [6, 6.07) is 15.6. The molecular formula is C24H22F2N6O. The lowest BCUT2D eigenvalue weighted by atomic mass is 10.3. The number of amides is 2. The van der Waals surface area contributed by atoms with Crippen LogP contribution in [0.2, 0.25) is 0 Å². The summed E-state index contributed by atoms with van der Waals surface area (Å²) in [7, 11) is 0. The highest BCUT2D eigenvalue weighted by molar-refractivity contribution is 5.89. The first-order valence-corrected chi connectivity index (χ1v) is 10.7. The minimum atomic E-state index is -0.392. The van der Waals surface area contributed by atoms with Gasteiger partial charge in [-0.1, -0.05) is 6.07 Å². The monoisotopic (exact) mass is 448 g/mol. The van der Waals surface area contributed by atoms with Crippen LogP contribution < -0.4 is 5.32 Å². The Bertz CT molecular complexity index is 1280. The van der Waals surface area contributed by atoms with Gasteiger partial charge in [0, 0.05) is 43.8 Å². The fraction of sp³-hybridized carbons (Fsp3) is 0.208. The molecule has 2 aromatic heterocycles. The number of hydrogen-bond donors (Lipinski definition) is 1. The smallest absolute Gasteiger partial charge is 0.321 e. The van der Waals surface area contributed by atoms with Crippen molar-refractivity contribution in [2.45, 2.75) is 6.54 Å². The van der Waals surface area contributed by atoms with Gasteiger partial charge in [-0.3, -0.25) is 9.47 Å². The number of halogens is 2. The van der Waals surface area contributed by atoms with Gasteiger partial charge in [0.05, 0.1) is 6.54 Å². The first-order chi connectivity index (χ1) is 16.1. The van der Waals surface area contributed by atoms with E-state index in [1.54, 1.807) is 35.4 Å². The van der Waals surface area contributed by atoms with Crippen LogP contribution in [0, 0.1) is 11.6 Å². The zero-order valence-electron chi connectivity index (χ0n) is 17.8. The largest absolute Gasteiger partial charge is 0.322 e. The van der Waals surface area contributed by atoms with Gasteiger partial charge in [0.1, 0.15) is 23.0 Å². The maximum atomic E-state index is 13.5. The molecule has 7 nitrogen and oxygen atoms in total. The minimum absolute atomic E-state index is 0.247. The van der Waals surface area contributed by atoms with E-state index in [9.17, 15) is 13.6 Å². The Morgan fingerprint density at radius 3 is 2.48 bits per heavy atom. The Morgan fingerprint density at radius 1 is 0.939 bits per heavy atom. The van der Waals surface area contributed by atoms with Crippen LogP contribution in [0.5, 0.6) is 0 Å². The number of nitrogens with one attached hydrogen (secondary N) is 1. The lowest BCUT2D eigenvalue weighted by Gasteiger charge is -2.34. The van der Waals surface area contributed by atoms with Gasteiger partial charge in [0.2, 0.25) is 0 Å². The molecule has 4 aromatic rings. The van der Waals surface area contributed by atoms with Crippen molar-refractivity contribution in [1.29, 1.82) is 0 Å². The molecule has 5 rings (SSSR count). The van der Waals surface area contributed by atoms with Gasteiger partial charge in [0.25, 0.3) is 0 Å². The Balaban J connectivity index is 1.29. The molecule has 168 valence electrons. The van der Waals surface area contributed by atoms with Gasteiger partial charge >= 0.3 is 6.03 Å². The molecule has 0 radical (unpaired) electrons. The van der Waals surface area contributed by atoms with Gasteiger partial charge in [-0.2, -0.15) is 0 Å². The normalized spacial score (nSPS) is 14.5. The second kappa shape index (κ2) is 8.95. The zero-order valence-corrected chi connectivity index (χ0v) is 17.8. The predicted molar refractivity (Wildman–Crippen MR) is 121 cm³/mol. The van der Waals surface area contributed by atoms with E-state index >= 15 is 0 Å². The molecule has 0 unspecified atom stereocenters. The van der Waals surface area contributed by atoms with Crippen molar-refractivity contribution < 1.29 is 13.6 Å². The van der Waals surface area contributed by atoms with E-state index in [0.717, 1.165) is 17.0 Å². The van der Waals surface area contributed by atoms with E-state index in [1.165, 1.54) is 24.3 Å². The number of aromatic nitrogens is 3. The van der Waals surface area contributed by atoms with Gasteiger partial charge < -0.3 is 10.2 Å². The number of fused-ring (bicyclic) bond motifs is 1. The van der Waals surface area contributed by atoms with Crippen LogP contribution in [-0.4, -0.2) is 56.5 Å². The number of benzene rings is 2. The summed E-state index contributed by atoms with van der Waals surface area (Å²) in [5.74, 6) is 0.106. The fourth-order valence-electron chi connectivity index (χ4n) is 4.00. The molecule has 9 heteroatoms. The Labute approximate surface area is 189 Å². The minimum Gasteiger partial charge on any atom is -0.322 e. The second-order valence-electron chi connectivity index (χ2n) is 7.89. The second-order valence-corrected chi connectivity index (χ2v) is 7.89. The average Bonchev–Trinajstić information content (AvgIpc) is 3.18. The van der Waals surface area contributed by atoms with Crippen LogP contribution in [0.1, 0.15) is 5.82 Å². The number of nitrogens with zero attached hydrogens (tertiary/aromatic N) is 5. The highest BCUT2D eigenvalue weighted by atomic mass is 19.1. The summed E-state index contributed by atoms with van der Waals surface area (Å²) in [6.45, 7) is 2.96. The molecule has 0 saturated carbocycles. The van der Waals surface area contributed by atoms with E-state index in [1.807, 2.05) is 16.7 Å². The van der Waals surface area contributed by atoms with E-state index in [-0.39, 0.29) is 11.8 Å². The molecule has 3 heterocycles. The SMILES string of the molecule is O=C(Nc1cccc(F)c1)N1CCN(Cc2nc3cccnc3n2-c2ccc(F)cc2)CC1. The molecule has 0 spiro atoms. The fourth-order valence-corrected chi connectivity index (χ4v) is 4.00. The topological polar surface area (TPSA) is 66.3 Å². The number of urea groups is 1. The Hall–Kier alpha value is -3.85. The third kappa shape index (κ3) is 4.54. The number of rotatable bonds is 4. The number of carbonyl (C=O) groups excluding carboxylic acids is 1. The predicted octanol–water partition coefficient (Wildman–Crippen LogP) is 4.05. The van der Waals surface area contributed by atoms with E-state index < -0.39 is 5.82 Å². The molecule has 1 saturated heterocycles. The standard InChI is InChI=1S/C24H22F2N6O/c25-17-6-8-20(9-7-17)32-22(29-21-5-2-10-27-23(21)32)16-30-11-13-31(14-12-30)24(33)28-19-4-1-3-18(26)15-19/h1-10,15H,11-14,16H2,(H,28,33). The summed E-state index contributed by atoms with van der Waals surface area (Å²) in [5.41, 5.74) is 2.71. The number of piperazine rings is 1. The van der Waals surface area contributed by atoms with Crippen molar-refractivity contribution in [3.05, 3.63) is 84.3 Å². The summed E-state index contributed by atoms with van der Waals surface area (Å²) >= 11 is 0. The molecule has 0 atom stereocenters. The number of anilines is 1. The first kappa shape index (κ1) is 21.0. The highest BCUT2D eigenvalue weighted by Gasteiger charge is 2.23. The van der Waals surface area contributed by atoms with Crippen LogP contribution in [0.15, 0.2) is 66.9 Å². The Kier molecular flexibility index (Phi) is 5.70. The van der Waals surface area contributed by atoms with Crippen LogP contribution in [0.25, 0.3) is 16.9 Å². The molecule has 1 aliphatic rings. The molecular weight excluding hydrogens is 426 g/mol. The quantitative estimate of drug-likeness (QED) is 0.512. The average molecular weight is 448 g/mol. The zero-order chi connectivity index (χ0) is 22.8. The van der Waals surface area contributed by atoms with Gasteiger partial charge in [-0.15, -0.1) is 0 Å². The van der Waals surface area contributed by atoms with Crippen LogP contribution >= 0.6 is 0 Å². The van der Waals surface area contributed by atoms with E-state index in [2.05, 4.69) is 15.2 Å². The van der Waals surface area contributed by atoms with Crippen molar-refractivity contribution in [3.63, 3.8) is 0 Å². The van der Waals surface area contributed by atoms with E-state index in [0.29, 0.717) is 44.1 Å². The first-order valence-electron chi connectivity index (χ1n) is 10.7. The highest BCUT2D eigenvalue weighted by Crippen LogP contribution is 2.22. The van der Waals surface area contributed by atoms with Gasteiger partial charge in [-0.05, 0) is 54.6 Å². The van der Waals surface area contributed by atoms with Gasteiger partial charge in [0.15, 0.2) is 5.65 Å². The number of pyridine rings is 1. The van der Waals surface area contributed by atoms with Crippen LogP contribution in [0.3, 0.4) is 0 Å². The van der Waals surface area contributed by atoms with Crippen molar-refractivity contribution >= 4 is 22.9 Å². The number of imidazole rings is 1. The van der Waals surface area contributed by atoms with Crippen LogP contribution in [-0.2, 0) is 6.54 Å². The van der Waals surface area contributed by atoms with E-state index in [4.69, 9.17) is 4.98 Å². The molecule has 0 aliphatic carbocycles. The Morgan fingerprint density at radius 2 is 1.73 bits per heavy atom. The van der Waals surface area contributed by atoms with Crippen molar-refractivity contribution in [2.75, 3.05) is 31.5 Å².